The summed E-state index contributed by atoms with van der Waals surface area (Å²) in [6.07, 6.45) is 3.93. The molecule has 1 aliphatic rings. The summed E-state index contributed by atoms with van der Waals surface area (Å²) in [5.74, 6) is 0.497. The Balaban J connectivity index is 2.27. The minimum Gasteiger partial charge on any atom is -0.382 e. The average Bonchev–Trinajstić information content (AvgIpc) is 2.76. The van der Waals surface area contributed by atoms with Crippen molar-refractivity contribution in [2.45, 2.75) is 32.6 Å². The fraction of sp³-hybridized carbons (Fsp3) is 0.357. The molecule has 1 aliphatic carbocycles. The van der Waals surface area contributed by atoms with Crippen LogP contribution < -0.4 is 5.73 Å². The quantitative estimate of drug-likeness (QED) is 0.672. The van der Waals surface area contributed by atoms with Crippen LogP contribution in [0.4, 0.5) is 11.5 Å². The van der Waals surface area contributed by atoms with Crippen LogP contribution in [0.15, 0.2) is 18.2 Å². The Morgan fingerprint density at radius 2 is 2.10 bits per heavy atom. The van der Waals surface area contributed by atoms with Crippen molar-refractivity contribution in [3.8, 4) is 5.69 Å². The number of nitrogen functional groups attached to an aromatic ring is 1. The molecule has 0 fully saturated rings. The number of nitrogens with two attached hydrogens (primary N) is 1. The lowest BCUT2D eigenvalue weighted by atomic mass is 9.97. The maximum atomic E-state index is 11.3. The number of nitro benzene ring substituents is 1. The zero-order chi connectivity index (χ0) is 14.3. The molecule has 6 nitrogen and oxygen atoms in total. The summed E-state index contributed by atoms with van der Waals surface area (Å²) in [6.45, 7) is 1.86. The van der Waals surface area contributed by atoms with Crippen LogP contribution in [0, 0.1) is 17.0 Å². The van der Waals surface area contributed by atoms with E-state index in [9.17, 15) is 10.1 Å². The first kappa shape index (κ1) is 12.7. The Morgan fingerprint density at radius 1 is 1.35 bits per heavy atom. The van der Waals surface area contributed by atoms with Gasteiger partial charge < -0.3 is 5.73 Å². The highest BCUT2D eigenvalue weighted by atomic mass is 16.6. The molecule has 0 aliphatic heterocycles. The van der Waals surface area contributed by atoms with Crippen molar-refractivity contribution in [2.24, 2.45) is 0 Å². The van der Waals surface area contributed by atoms with Gasteiger partial charge in [-0.2, -0.15) is 0 Å². The number of nitro groups is 1. The number of benzene rings is 1. The lowest BCUT2D eigenvalue weighted by molar-refractivity contribution is -0.384. The molecule has 0 spiro atoms. The van der Waals surface area contributed by atoms with Gasteiger partial charge in [0.25, 0.3) is 5.69 Å². The fourth-order valence-electron chi connectivity index (χ4n) is 2.88. The minimum atomic E-state index is -0.366. The second-order valence-corrected chi connectivity index (χ2v) is 5.13. The Hall–Kier alpha value is -2.37. The summed E-state index contributed by atoms with van der Waals surface area (Å²) in [6, 6.07) is 5.06. The zero-order valence-corrected chi connectivity index (χ0v) is 11.3. The van der Waals surface area contributed by atoms with Crippen molar-refractivity contribution in [1.29, 1.82) is 0 Å². The van der Waals surface area contributed by atoms with E-state index in [1.165, 1.54) is 6.07 Å². The Kier molecular flexibility index (Phi) is 2.93. The smallest absolute Gasteiger partial charge is 0.295 e. The zero-order valence-electron chi connectivity index (χ0n) is 11.3. The standard InChI is InChI=1S/C14H16N4O2/c1-9-5-4-8-12(18(19)20)13(9)17-11-7-3-2-6-10(11)14(15)16-17/h4-5,8H,2-3,6-7H2,1H3,(H2,15,16). The van der Waals surface area contributed by atoms with Crippen LogP contribution in [0.1, 0.15) is 29.7 Å². The minimum absolute atomic E-state index is 0.0703. The number of para-hydroxylation sites is 1. The number of aryl methyl sites for hydroxylation is 1. The van der Waals surface area contributed by atoms with Crippen LogP contribution in [0.25, 0.3) is 5.69 Å². The van der Waals surface area contributed by atoms with Gasteiger partial charge in [0.15, 0.2) is 0 Å². The number of aromatic nitrogens is 2. The third-order valence-corrected chi connectivity index (χ3v) is 3.84. The van der Waals surface area contributed by atoms with Crippen LogP contribution in [0.5, 0.6) is 0 Å². The summed E-state index contributed by atoms with van der Waals surface area (Å²) >= 11 is 0. The third-order valence-electron chi connectivity index (χ3n) is 3.84. The molecular weight excluding hydrogens is 256 g/mol. The van der Waals surface area contributed by atoms with E-state index in [4.69, 9.17) is 5.73 Å². The summed E-state index contributed by atoms with van der Waals surface area (Å²) in [4.78, 5) is 10.9. The Labute approximate surface area is 116 Å². The fourth-order valence-corrected chi connectivity index (χ4v) is 2.88. The average molecular weight is 272 g/mol. The van der Waals surface area contributed by atoms with Crippen molar-refractivity contribution in [3.63, 3.8) is 0 Å². The molecule has 6 heteroatoms. The van der Waals surface area contributed by atoms with Gasteiger partial charge in [0.1, 0.15) is 11.5 Å². The second-order valence-electron chi connectivity index (χ2n) is 5.13. The van der Waals surface area contributed by atoms with Gasteiger partial charge in [-0.3, -0.25) is 10.1 Å². The molecule has 1 aromatic carbocycles. The van der Waals surface area contributed by atoms with Crippen LogP contribution in [0.3, 0.4) is 0 Å². The first-order chi connectivity index (χ1) is 9.59. The van der Waals surface area contributed by atoms with Gasteiger partial charge in [0.05, 0.1) is 4.92 Å². The molecule has 104 valence electrons. The van der Waals surface area contributed by atoms with Gasteiger partial charge >= 0.3 is 0 Å². The van der Waals surface area contributed by atoms with Crippen molar-refractivity contribution in [3.05, 3.63) is 45.1 Å². The number of hydrogen-bond acceptors (Lipinski definition) is 4. The maximum Gasteiger partial charge on any atom is 0.295 e. The second kappa shape index (κ2) is 4.63. The van der Waals surface area contributed by atoms with Gasteiger partial charge in [-0.25, -0.2) is 4.68 Å². The Bertz CT molecular complexity index is 691. The summed E-state index contributed by atoms with van der Waals surface area (Å²) in [5, 5.41) is 15.6. The molecule has 0 atom stereocenters. The van der Waals surface area contributed by atoms with E-state index >= 15 is 0 Å². The molecule has 3 rings (SSSR count). The highest BCUT2D eigenvalue weighted by Gasteiger charge is 2.25. The molecule has 0 saturated carbocycles. The molecule has 0 saturated heterocycles. The van der Waals surface area contributed by atoms with Gasteiger partial charge in [0.2, 0.25) is 0 Å². The SMILES string of the molecule is Cc1cccc([N+](=O)[O-])c1-n1nc(N)c2c1CCCC2. The van der Waals surface area contributed by atoms with E-state index < -0.39 is 0 Å². The normalized spacial score (nSPS) is 14.1. The maximum absolute atomic E-state index is 11.3. The first-order valence-electron chi connectivity index (χ1n) is 6.70. The predicted molar refractivity (Wildman–Crippen MR) is 76.0 cm³/mol. The Morgan fingerprint density at radius 3 is 2.85 bits per heavy atom. The molecule has 20 heavy (non-hydrogen) atoms. The molecule has 0 amide bonds. The van der Waals surface area contributed by atoms with Crippen LogP contribution in [0.2, 0.25) is 0 Å². The van der Waals surface area contributed by atoms with Gasteiger partial charge in [-0.1, -0.05) is 12.1 Å². The topological polar surface area (TPSA) is 87.0 Å². The molecule has 0 unspecified atom stereocenters. The van der Waals surface area contributed by atoms with Crippen LogP contribution in [-0.2, 0) is 12.8 Å². The molecule has 1 heterocycles. The van der Waals surface area contributed by atoms with E-state index in [0.29, 0.717) is 11.5 Å². The van der Waals surface area contributed by atoms with Crippen molar-refractivity contribution < 1.29 is 4.92 Å². The summed E-state index contributed by atoms with van der Waals surface area (Å²) in [5.41, 5.74) is 9.48. The van der Waals surface area contributed by atoms with E-state index in [2.05, 4.69) is 5.10 Å². The lowest BCUT2D eigenvalue weighted by Crippen LogP contribution is -2.10. The van der Waals surface area contributed by atoms with Crippen molar-refractivity contribution in [2.75, 3.05) is 5.73 Å². The number of fused-ring (bicyclic) bond motifs is 1. The molecule has 1 aromatic heterocycles. The molecule has 2 aromatic rings. The van der Waals surface area contributed by atoms with Crippen molar-refractivity contribution >= 4 is 11.5 Å². The van der Waals surface area contributed by atoms with E-state index in [1.807, 2.05) is 13.0 Å². The number of hydrogen-bond donors (Lipinski definition) is 1. The van der Waals surface area contributed by atoms with Crippen LogP contribution in [-0.4, -0.2) is 14.7 Å². The highest BCUT2D eigenvalue weighted by Crippen LogP contribution is 2.33. The number of rotatable bonds is 2. The largest absolute Gasteiger partial charge is 0.382 e. The molecular formula is C14H16N4O2. The van der Waals surface area contributed by atoms with Crippen molar-refractivity contribution in [1.82, 2.24) is 9.78 Å². The van der Waals surface area contributed by atoms with Crippen LogP contribution >= 0.6 is 0 Å². The van der Waals surface area contributed by atoms with E-state index in [0.717, 1.165) is 42.5 Å². The summed E-state index contributed by atoms with van der Waals surface area (Å²) in [7, 11) is 0. The lowest BCUT2D eigenvalue weighted by Gasteiger charge is -2.15. The third kappa shape index (κ3) is 1.84. The molecule has 2 N–H and O–H groups in total. The van der Waals surface area contributed by atoms with Gasteiger partial charge in [0, 0.05) is 17.3 Å². The predicted octanol–water partition coefficient (Wildman–Crippen LogP) is 2.55. The molecule has 0 radical (unpaired) electrons. The number of anilines is 1. The number of nitrogens with zero attached hydrogens (tertiary/aromatic N) is 3. The monoisotopic (exact) mass is 272 g/mol. The van der Waals surface area contributed by atoms with Gasteiger partial charge in [-0.05, 0) is 38.2 Å². The summed E-state index contributed by atoms with van der Waals surface area (Å²) < 4.78 is 1.68. The first-order valence-corrected chi connectivity index (χ1v) is 6.70. The molecule has 0 bridgehead atoms. The van der Waals surface area contributed by atoms with E-state index in [-0.39, 0.29) is 10.6 Å². The van der Waals surface area contributed by atoms with Gasteiger partial charge in [-0.15, -0.1) is 5.10 Å². The highest BCUT2D eigenvalue weighted by molar-refractivity contribution is 5.59. The van der Waals surface area contributed by atoms with E-state index in [1.54, 1.807) is 10.7 Å².